The zero-order valence-corrected chi connectivity index (χ0v) is 15.5. The number of benzene rings is 2. The lowest BCUT2D eigenvalue weighted by Crippen LogP contribution is -2.39. The van der Waals surface area contributed by atoms with Gasteiger partial charge < -0.3 is 24.8 Å². The fraction of sp³-hybridized carbons (Fsp3) is 0.300. The first-order valence-electron chi connectivity index (χ1n) is 8.59. The van der Waals surface area contributed by atoms with E-state index in [0.29, 0.717) is 30.2 Å². The summed E-state index contributed by atoms with van der Waals surface area (Å²) in [6.45, 7) is 2.29. The number of rotatable bonds is 4. The summed E-state index contributed by atoms with van der Waals surface area (Å²) >= 11 is 0. The summed E-state index contributed by atoms with van der Waals surface area (Å²) in [5.41, 5.74) is 2.11. The number of anilines is 1. The highest BCUT2D eigenvalue weighted by Gasteiger charge is 2.25. The van der Waals surface area contributed by atoms with E-state index in [0.717, 1.165) is 16.9 Å². The van der Waals surface area contributed by atoms with E-state index in [-0.39, 0.29) is 6.04 Å². The van der Waals surface area contributed by atoms with Crippen LogP contribution in [0.3, 0.4) is 0 Å². The Morgan fingerprint density at radius 3 is 2.52 bits per heavy atom. The lowest BCUT2D eigenvalue weighted by atomic mass is 10.0. The molecule has 0 aromatic heterocycles. The van der Waals surface area contributed by atoms with Gasteiger partial charge in [0.25, 0.3) is 0 Å². The molecule has 1 aliphatic rings. The summed E-state index contributed by atoms with van der Waals surface area (Å²) < 4.78 is 16.1. The molecular weight excluding hydrogens is 348 g/mol. The summed E-state index contributed by atoms with van der Waals surface area (Å²) in [7, 11) is 3.04. The van der Waals surface area contributed by atoms with Crippen molar-refractivity contribution in [1.29, 1.82) is 0 Å². The first-order chi connectivity index (χ1) is 13.0. The molecule has 2 amide bonds. The minimum atomic E-state index is -0.741. The maximum atomic E-state index is 12.4. The van der Waals surface area contributed by atoms with E-state index in [4.69, 9.17) is 14.2 Å². The molecule has 0 radical (unpaired) electrons. The molecule has 2 aromatic carbocycles. The fourth-order valence-electron chi connectivity index (χ4n) is 3.01. The number of hydrogen-bond acceptors (Lipinski definition) is 5. The minimum Gasteiger partial charge on any atom is -0.493 e. The molecule has 7 nitrogen and oxygen atoms in total. The average molecular weight is 370 g/mol. The first-order valence-corrected chi connectivity index (χ1v) is 8.59. The van der Waals surface area contributed by atoms with Gasteiger partial charge in [0.1, 0.15) is 5.75 Å². The lowest BCUT2D eigenvalue weighted by molar-refractivity contribution is -0.136. The van der Waals surface area contributed by atoms with Gasteiger partial charge in [-0.15, -0.1) is 0 Å². The van der Waals surface area contributed by atoms with Gasteiger partial charge in [0.2, 0.25) is 0 Å². The van der Waals surface area contributed by atoms with E-state index in [1.165, 1.54) is 14.2 Å². The van der Waals surface area contributed by atoms with E-state index in [9.17, 15) is 9.59 Å². The van der Waals surface area contributed by atoms with Crippen molar-refractivity contribution in [3.63, 3.8) is 0 Å². The predicted octanol–water partition coefficient (Wildman–Crippen LogP) is 2.59. The SMILES string of the molecule is COc1cc(C)c(NC(=O)C(=O)N[C@H]2CCOc3ccccc32)cc1OC. The van der Waals surface area contributed by atoms with Crippen LogP contribution in [-0.4, -0.2) is 32.6 Å². The number of para-hydroxylation sites is 1. The third kappa shape index (κ3) is 3.97. The maximum absolute atomic E-state index is 12.4. The van der Waals surface area contributed by atoms with E-state index < -0.39 is 11.8 Å². The fourth-order valence-corrected chi connectivity index (χ4v) is 3.01. The van der Waals surface area contributed by atoms with Crippen molar-refractivity contribution < 1.29 is 23.8 Å². The van der Waals surface area contributed by atoms with Crippen LogP contribution in [0.1, 0.15) is 23.6 Å². The molecule has 1 atom stereocenters. The van der Waals surface area contributed by atoms with Crippen LogP contribution in [-0.2, 0) is 9.59 Å². The van der Waals surface area contributed by atoms with Crippen molar-refractivity contribution in [2.45, 2.75) is 19.4 Å². The van der Waals surface area contributed by atoms with Crippen molar-refractivity contribution in [3.8, 4) is 17.2 Å². The molecule has 0 aliphatic carbocycles. The molecule has 2 aromatic rings. The molecule has 0 bridgehead atoms. The van der Waals surface area contributed by atoms with Crippen LogP contribution >= 0.6 is 0 Å². The number of ether oxygens (including phenoxy) is 3. The number of fused-ring (bicyclic) bond motifs is 1. The maximum Gasteiger partial charge on any atom is 0.313 e. The molecule has 7 heteroatoms. The summed E-state index contributed by atoms with van der Waals surface area (Å²) in [5.74, 6) is 0.304. The Labute approximate surface area is 157 Å². The van der Waals surface area contributed by atoms with Crippen LogP contribution in [0.5, 0.6) is 17.2 Å². The minimum absolute atomic E-state index is 0.264. The van der Waals surface area contributed by atoms with Gasteiger partial charge in [-0.3, -0.25) is 9.59 Å². The van der Waals surface area contributed by atoms with E-state index in [1.54, 1.807) is 12.1 Å². The summed E-state index contributed by atoms with van der Waals surface area (Å²) in [6.07, 6.45) is 0.603. The highest BCUT2D eigenvalue weighted by atomic mass is 16.5. The van der Waals surface area contributed by atoms with Crippen LogP contribution in [0.25, 0.3) is 0 Å². The van der Waals surface area contributed by atoms with E-state index in [1.807, 2.05) is 31.2 Å². The van der Waals surface area contributed by atoms with Crippen LogP contribution < -0.4 is 24.8 Å². The monoisotopic (exact) mass is 370 g/mol. The predicted molar refractivity (Wildman–Crippen MR) is 100 cm³/mol. The zero-order valence-electron chi connectivity index (χ0n) is 15.5. The van der Waals surface area contributed by atoms with Crippen molar-refractivity contribution >= 4 is 17.5 Å². The average Bonchev–Trinajstić information content (AvgIpc) is 2.69. The Bertz CT molecular complexity index is 865. The highest BCUT2D eigenvalue weighted by molar-refractivity contribution is 6.39. The Balaban J connectivity index is 1.71. The summed E-state index contributed by atoms with van der Waals surface area (Å²) in [6, 6.07) is 10.6. The zero-order chi connectivity index (χ0) is 19.4. The Kier molecular flexibility index (Phi) is 5.49. The van der Waals surface area contributed by atoms with Crippen molar-refractivity contribution in [2.75, 3.05) is 26.1 Å². The standard InChI is InChI=1S/C20H22N2O5/c1-12-10-17(25-2)18(26-3)11-15(12)22-20(24)19(23)21-14-8-9-27-16-7-5-4-6-13(14)16/h4-7,10-11,14H,8-9H2,1-3H3,(H,21,23)(H,22,24)/t14-/m0/s1. The van der Waals surface area contributed by atoms with Crippen LogP contribution in [0.4, 0.5) is 5.69 Å². The number of methoxy groups -OCH3 is 2. The van der Waals surface area contributed by atoms with E-state index >= 15 is 0 Å². The van der Waals surface area contributed by atoms with Crippen LogP contribution in [0.15, 0.2) is 36.4 Å². The van der Waals surface area contributed by atoms with Crippen molar-refractivity contribution in [3.05, 3.63) is 47.5 Å². The van der Waals surface area contributed by atoms with Gasteiger partial charge in [0, 0.05) is 23.7 Å². The van der Waals surface area contributed by atoms with Gasteiger partial charge in [-0.05, 0) is 24.6 Å². The van der Waals surface area contributed by atoms with Crippen LogP contribution in [0, 0.1) is 6.92 Å². The molecule has 2 N–H and O–H groups in total. The normalized spacial score (nSPS) is 15.1. The molecule has 1 aliphatic heterocycles. The smallest absolute Gasteiger partial charge is 0.313 e. The van der Waals surface area contributed by atoms with E-state index in [2.05, 4.69) is 10.6 Å². The summed E-state index contributed by atoms with van der Waals surface area (Å²) in [4.78, 5) is 24.8. The second kappa shape index (κ2) is 7.99. The molecule has 0 saturated carbocycles. The number of nitrogens with one attached hydrogen (secondary N) is 2. The van der Waals surface area contributed by atoms with Crippen molar-refractivity contribution in [1.82, 2.24) is 5.32 Å². The second-order valence-corrected chi connectivity index (χ2v) is 6.18. The van der Waals surface area contributed by atoms with Gasteiger partial charge in [-0.2, -0.15) is 0 Å². The Morgan fingerprint density at radius 1 is 1.07 bits per heavy atom. The Morgan fingerprint density at radius 2 is 1.78 bits per heavy atom. The molecule has 0 unspecified atom stereocenters. The van der Waals surface area contributed by atoms with Crippen LogP contribution in [0.2, 0.25) is 0 Å². The number of carbonyl (C=O) groups excluding carboxylic acids is 2. The molecule has 0 saturated heterocycles. The molecule has 0 fully saturated rings. The van der Waals surface area contributed by atoms with Gasteiger partial charge in [-0.1, -0.05) is 18.2 Å². The molecule has 0 spiro atoms. The largest absolute Gasteiger partial charge is 0.493 e. The highest BCUT2D eigenvalue weighted by Crippen LogP contribution is 2.33. The molecule has 3 rings (SSSR count). The first kappa shape index (κ1) is 18.6. The summed E-state index contributed by atoms with van der Waals surface area (Å²) in [5, 5.41) is 5.41. The number of amides is 2. The van der Waals surface area contributed by atoms with Gasteiger partial charge in [0.15, 0.2) is 11.5 Å². The third-order valence-corrected chi connectivity index (χ3v) is 4.45. The molecule has 27 heavy (non-hydrogen) atoms. The third-order valence-electron chi connectivity index (χ3n) is 4.45. The molecular formula is C20H22N2O5. The molecule has 1 heterocycles. The van der Waals surface area contributed by atoms with Gasteiger partial charge in [0.05, 0.1) is 26.9 Å². The number of hydrogen-bond donors (Lipinski definition) is 2. The van der Waals surface area contributed by atoms with Gasteiger partial charge >= 0.3 is 11.8 Å². The number of carbonyl (C=O) groups is 2. The van der Waals surface area contributed by atoms with Gasteiger partial charge in [-0.25, -0.2) is 0 Å². The number of aryl methyl sites for hydroxylation is 1. The quantitative estimate of drug-likeness (QED) is 0.808. The lowest BCUT2D eigenvalue weighted by Gasteiger charge is -2.26. The second-order valence-electron chi connectivity index (χ2n) is 6.18. The van der Waals surface area contributed by atoms with Crippen molar-refractivity contribution in [2.24, 2.45) is 0 Å². The Hall–Kier alpha value is -3.22. The molecule has 142 valence electrons. The topological polar surface area (TPSA) is 85.9 Å².